The van der Waals surface area contributed by atoms with E-state index in [2.05, 4.69) is 0 Å². The van der Waals surface area contributed by atoms with Gasteiger partial charge in [0.1, 0.15) is 0 Å². The number of benzene rings is 1. The summed E-state index contributed by atoms with van der Waals surface area (Å²) in [6.07, 6.45) is 1.02. The number of aryl methyl sites for hydroxylation is 2. The summed E-state index contributed by atoms with van der Waals surface area (Å²) in [5.74, 6) is -2.10. The fourth-order valence-corrected chi connectivity index (χ4v) is 1.64. The zero-order valence-corrected chi connectivity index (χ0v) is 13.0. The maximum Gasteiger partial charge on any atom is 0.303 e. The Morgan fingerprint density at radius 2 is 1.45 bits per heavy atom. The van der Waals surface area contributed by atoms with E-state index in [0.29, 0.717) is 18.4 Å². The van der Waals surface area contributed by atoms with Crippen molar-refractivity contribution in [3.63, 3.8) is 0 Å². The van der Waals surface area contributed by atoms with Crippen molar-refractivity contribution in [2.75, 3.05) is 0 Å². The van der Waals surface area contributed by atoms with Gasteiger partial charge in [0.15, 0.2) is 0 Å². The molecule has 0 heterocycles. The Hall–Kier alpha value is -2.41. The van der Waals surface area contributed by atoms with Crippen molar-refractivity contribution in [3.05, 3.63) is 34.9 Å². The number of carbonyl (C=O) groups excluding carboxylic acids is 1. The van der Waals surface area contributed by atoms with Crippen molar-refractivity contribution in [3.8, 4) is 0 Å². The molecule has 0 saturated heterocycles. The fourth-order valence-electron chi connectivity index (χ4n) is 1.64. The summed E-state index contributed by atoms with van der Waals surface area (Å²) < 4.78 is 0. The van der Waals surface area contributed by atoms with Gasteiger partial charge in [0, 0.05) is 18.4 Å². The molecule has 0 fully saturated rings. The van der Waals surface area contributed by atoms with Gasteiger partial charge in [0.25, 0.3) is 0 Å². The van der Waals surface area contributed by atoms with Crippen LogP contribution in [0.5, 0.6) is 0 Å². The minimum atomic E-state index is -0.870. The highest BCUT2D eigenvalue weighted by molar-refractivity contribution is 5.94. The minimum Gasteiger partial charge on any atom is -0.481 e. The first-order chi connectivity index (χ1) is 9.73. The van der Waals surface area contributed by atoms with Crippen LogP contribution in [0.4, 0.5) is 0 Å². The van der Waals surface area contributed by atoms with Gasteiger partial charge in [-0.15, -0.1) is 0 Å². The molecule has 124 valence electrons. The molecule has 0 saturated carbocycles. The lowest BCUT2D eigenvalue weighted by atomic mass is 10.1. The quantitative estimate of drug-likeness (QED) is 0.591. The molecule has 7 N–H and O–H groups in total. The molecule has 22 heavy (non-hydrogen) atoms. The van der Waals surface area contributed by atoms with E-state index in [0.717, 1.165) is 11.1 Å². The van der Waals surface area contributed by atoms with Gasteiger partial charge in [0.05, 0.1) is 0 Å². The molecule has 0 aliphatic carbocycles. The zero-order chi connectivity index (χ0) is 16.4. The Kier molecular flexibility index (Phi) is 11.2. The first kappa shape index (κ1) is 21.9. The number of hydrogen-bond acceptors (Lipinski definition) is 4. The maximum atomic E-state index is 10.8. The number of unbranched alkanes of at least 4 members (excludes halogenated alkanes) is 1. The lowest BCUT2D eigenvalue weighted by molar-refractivity contribution is -0.139. The van der Waals surface area contributed by atoms with Crippen LogP contribution in [0, 0.1) is 13.8 Å². The molecule has 0 bridgehead atoms. The van der Waals surface area contributed by atoms with Crippen LogP contribution in [0.15, 0.2) is 18.2 Å². The van der Waals surface area contributed by atoms with Crippen molar-refractivity contribution in [1.29, 1.82) is 0 Å². The molecule has 0 spiro atoms. The third kappa shape index (κ3) is 10.4. The summed E-state index contributed by atoms with van der Waals surface area (Å²) >= 11 is 0. The van der Waals surface area contributed by atoms with E-state index in [1.54, 1.807) is 6.07 Å². The van der Waals surface area contributed by atoms with E-state index in [-0.39, 0.29) is 24.9 Å². The number of hydrogen-bond donors (Lipinski definition) is 4. The van der Waals surface area contributed by atoms with Crippen LogP contribution in [-0.2, 0) is 9.59 Å². The van der Waals surface area contributed by atoms with Gasteiger partial charge in [-0.1, -0.05) is 17.7 Å². The monoisotopic (exact) mass is 312 g/mol. The minimum absolute atomic E-state index is 0. The van der Waals surface area contributed by atoms with Crippen LogP contribution in [0.3, 0.4) is 0 Å². The average Bonchev–Trinajstić information content (AvgIpc) is 2.34. The largest absolute Gasteiger partial charge is 0.481 e. The molecule has 0 unspecified atom stereocenters. The van der Waals surface area contributed by atoms with Gasteiger partial charge in [-0.05, 0) is 38.3 Å². The van der Waals surface area contributed by atoms with Crippen molar-refractivity contribution in [2.24, 2.45) is 5.73 Å². The van der Waals surface area contributed by atoms with Gasteiger partial charge in [0.2, 0.25) is 5.91 Å². The van der Waals surface area contributed by atoms with Crippen LogP contribution in [0.25, 0.3) is 0 Å². The molecule has 0 radical (unpaired) electrons. The maximum absolute atomic E-state index is 10.8. The van der Waals surface area contributed by atoms with Crippen molar-refractivity contribution >= 4 is 17.8 Å². The number of nitrogens with two attached hydrogens (primary N) is 1. The van der Waals surface area contributed by atoms with Gasteiger partial charge in [-0.3, -0.25) is 14.4 Å². The molecule has 7 nitrogen and oxygen atoms in total. The summed E-state index contributed by atoms with van der Waals surface area (Å²) in [4.78, 5) is 30.5. The Morgan fingerprint density at radius 3 is 1.77 bits per heavy atom. The fraction of sp³-hybridized carbons (Fsp3) is 0.400. The highest BCUT2D eigenvalue weighted by atomic mass is 16.4. The van der Waals surface area contributed by atoms with E-state index >= 15 is 0 Å². The summed E-state index contributed by atoms with van der Waals surface area (Å²) in [7, 11) is 0. The Balaban J connectivity index is 0. The molecule has 1 amide bonds. The highest BCUT2D eigenvalue weighted by Crippen LogP contribution is 2.08. The van der Waals surface area contributed by atoms with E-state index in [1.165, 1.54) is 0 Å². The standard InChI is InChI=1S/C9H11NO.C6H10O4.H3N/c1-6-3-4-8(9(10)11)7(2)5-6;7-5(8)3-1-2-4-6(9)10;/h3-5H,1-2H3,(H2,10,11);1-4H2,(H,7,8)(H,9,10);1H3. The molecule has 0 aromatic heterocycles. The third-order valence-corrected chi connectivity index (χ3v) is 2.68. The first-order valence-corrected chi connectivity index (χ1v) is 6.54. The van der Waals surface area contributed by atoms with E-state index in [1.807, 2.05) is 26.0 Å². The molecule has 1 rings (SSSR count). The normalized spacial score (nSPS) is 9.00. The first-order valence-electron chi connectivity index (χ1n) is 6.54. The number of rotatable bonds is 6. The molecule has 7 heteroatoms. The van der Waals surface area contributed by atoms with Gasteiger partial charge >= 0.3 is 11.9 Å². The topological polar surface area (TPSA) is 153 Å². The van der Waals surface area contributed by atoms with Crippen LogP contribution in [0.1, 0.15) is 47.2 Å². The van der Waals surface area contributed by atoms with Gasteiger partial charge in [-0.2, -0.15) is 0 Å². The predicted molar refractivity (Wildman–Crippen MR) is 83.2 cm³/mol. The molecular weight excluding hydrogens is 288 g/mol. The molecule has 0 aliphatic heterocycles. The average molecular weight is 312 g/mol. The summed E-state index contributed by atoms with van der Waals surface area (Å²) in [6.45, 7) is 3.87. The lowest BCUT2D eigenvalue weighted by Gasteiger charge is -2.01. The second-order valence-corrected chi connectivity index (χ2v) is 4.68. The molecule has 1 aromatic carbocycles. The second kappa shape index (κ2) is 11.3. The Labute approximate surface area is 129 Å². The second-order valence-electron chi connectivity index (χ2n) is 4.68. The van der Waals surface area contributed by atoms with Crippen molar-refractivity contribution in [1.82, 2.24) is 6.15 Å². The van der Waals surface area contributed by atoms with Gasteiger partial charge in [-0.25, -0.2) is 0 Å². The summed E-state index contributed by atoms with van der Waals surface area (Å²) in [6, 6.07) is 5.58. The summed E-state index contributed by atoms with van der Waals surface area (Å²) in [5, 5.41) is 16.3. The van der Waals surface area contributed by atoms with Crippen LogP contribution in [0.2, 0.25) is 0 Å². The molecule has 0 aliphatic rings. The van der Waals surface area contributed by atoms with Gasteiger partial charge < -0.3 is 22.1 Å². The third-order valence-electron chi connectivity index (χ3n) is 2.68. The van der Waals surface area contributed by atoms with Crippen LogP contribution in [-0.4, -0.2) is 28.1 Å². The zero-order valence-electron chi connectivity index (χ0n) is 13.0. The van der Waals surface area contributed by atoms with Crippen molar-refractivity contribution in [2.45, 2.75) is 39.5 Å². The van der Waals surface area contributed by atoms with Crippen LogP contribution >= 0.6 is 0 Å². The Bertz CT molecular complexity index is 499. The van der Waals surface area contributed by atoms with E-state index < -0.39 is 11.9 Å². The number of aliphatic carboxylic acids is 2. The smallest absolute Gasteiger partial charge is 0.303 e. The molecular formula is C15H24N2O5. The predicted octanol–water partition coefficient (Wildman–Crippen LogP) is 2.28. The number of amides is 1. The molecule has 0 atom stereocenters. The number of primary amides is 1. The summed E-state index contributed by atoms with van der Waals surface area (Å²) in [5.41, 5.74) is 7.82. The Morgan fingerprint density at radius 1 is 1.00 bits per heavy atom. The number of carboxylic acids is 2. The lowest BCUT2D eigenvalue weighted by Crippen LogP contribution is -2.12. The molecule has 1 aromatic rings. The highest BCUT2D eigenvalue weighted by Gasteiger charge is 2.02. The number of carbonyl (C=O) groups is 3. The van der Waals surface area contributed by atoms with E-state index in [4.69, 9.17) is 15.9 Å². The number of carboxylic acid groups (broad SMARTS) is 2. The SMILES string of the molecule is Cc1ccc(C(N)=O)c(C)c1.N.O=C(O)CCCCC(=O)O. The van der Waals surface area contributed by atoms with Crippen molar-refractivity contribution < 1.29 is 24.6 Å². The van der Waals surface area contributed by atoms with E-state index in [9.17, 15) is 14.4 Å². The van der Waals surface area contributed by atoms with Crippen LogP contribution < -0.4 is 11.9 Å².